The van der Waals surface area contributed by atoms with Crippen molar-refractivity contribution in [3.8, 4) is 0 Å². The molecule has 0 heteroatoms. The van der Waals surface area contributed by atoms with Gasteiger partial charge in [0, 0.05) is 5.41 Å². The Labute approximate surface area is 184 Å². The van der Waals surface area contributed by atoms with E-state index in [1.807, 2.05) is 6.08 Å². The predicted octanol–water partition coefficient (Wildman–Crippen LogP) is 8.65. The van der Waals surface area contributed by atoms with E-state index in [9.17, 15) is 0 Å². The van der Waals surface area contributed by atoms with Crippen LogP contribution in [0.2, 0.25) is 0 Å². The quantitative estimate of drug-likeness (QED) is 0.347. The highest BCUT2D eigenvalue weighted by molar-refractivity contribution is 5.51. The van der Waals surface area contributed by atoms with Gasteiger partial charge in [-0.1, -0.05) is 122 Å². The van der Waals surface area contributed by atoms with E-state index >= 15 is 0 Å². The Morgan fingerprint density at radius 1 is 1.13 bits per heavy atom. The van der Waals surface area contributed by atoms with Gasteiger partial charge in [-0.25, -0.2) is 0 Å². The van der Waals surface area contributed by atoms with Crippen LogP contribution >= 0.6 is 0 Å². The lowest BCUT2D eigenvalue weighted by atomic mass is 9.68. The van der Waals surface area contributed by atoms with Crippen LogP contribution in [0.4, 0.5) is 0 Å². The maximum absolute atomic E-state index is 4.01. The molecule has 0 aromatic heterocycles. The maximum Gasteiger partial charge on any atom is 0.0382 e. The summed E-state index contributed by atoms with van der Waals surface area (Å²) in [5.74, 6) is 0. The van der Waals surface area contributed by atoms with Crippen molar-refractivity contribution in [2.24, 2.45) is 5.41 Å². The molecule has 1 aromatic carbocycles. The molecule has 0 aliphatic heterocycles. The summed E-state index contributed by atoms with van der Waals surface area (Å²) >= 11 is 0. The van der Waals surface area contributed by atoms with E-state index in [1.54, 1.807) is 0 Å². The Morgan fingerprint density at radius 3 is 2.63 bits per heavy atom. The topological polar surface area (TPSA) is 0 Å². The van der Waals surface area contributed by atoms with Gasteiger partial charge in [0.2, 0.25) is 0 Å². The van der Waals surface area contributed by atoms with Crippen molar-refractivity contribution in [3.05, 3.63) is 132 Å². The van der Waals surface area contributed by atoms with Crippen LogP contribution in [0.5, 0.6) is 0 Å². The van der Waals surface area contributed by atoms with Crippen molar-refractivity contribution in [2.75, 3.05) is 0 Å². The monoisotopic (exact) mass is 396 g/mol. The van der Waals surface area contributed by atoms with Crippen LogP contribution in [0.3, 0.4) is 0 Å². The van der Waals surface area contributed by atoms with Gasteiger partial charge < -0.3 is 0 Å². The second-order valence-corrected chi connectivity index (χ2v) is 7.66. The fraction of sp³-hybridized carbons (Fsp3) is 0.267. The summed E-state index contributed by atoms with van der Waals surface area (Å²) in [5, 5.41) is 0. The minimum absolute atomic E-state index is 0.200. The summed E-state index contributed by atoms with van der Waals surface area (Å²) in [7, 11) is 0. The van der Waals surface area contributed by atoms with Crippen molar-refractivity contribution in [3.63, 3.8) is 0 Å². The molecule has 0 fully saturated rings. The summed E-state index contributed by atoms with van der Waals surface area (Å²) in [5.41, 5.74) is 5.20. The molecule has 1 atom stereocenters. The summed E-state index contributed by atoms with van der Waals surface area (Å²) in [6, 6.07) is 10.7. The molecule has 0 saturated heterocycles. The molecule has 30 heavy (non-hydrogen) atoms. The fourth-order valence-electron chi connectivity index (χ4n) is 3.96. The van der Waals surface area contributed by atoms with Crippen LogP contribution in [-0.4, -0.2) is 0 Å². The molecular weight excluding hydrogens is 360 g/mol. The molecule has 0 saturated carbocycles. The Balaban J connectivity index is 2.41. The lowest BCUT2D eigenvalue weighted by Crippen LogP contribution is -2.24. The average Bonchev–Trinajstić information content (AvgIpc) is 3.07. The normalized spacial score (nSPS) is 17.2. The summed E-state index contributed by atoms with van der Waals surface area (Å²) in [6.45, 7) is 10.7. The second kappa shape index (κ2) is 12.6. The predicted molar refractivity (Wildman–Crippen MR) is 134 cm³/mol. The molecule has 0 amide bonds. The van der Waals surface area contributed by atoms with Crippen LogP contribution in [0.1, 0.15) is 45.6 Å². The lowest BCUT2D eigenvalue weighted by Gasteiger charge is -2.36. The van der Waals surface area contributed by atoms with E-state index in [0.717, 1.165) is 25.7 Å². The van der Waals surface area contributed by atoms with Gasteiger partial charge >= 0.3 is 0 Å². The van der Waals surface area contributed by atoms with Crippen LogP contribution in [0.25, 0.3) is 0 Å². The first kappa shape index (κ1) is 23.4. The minimum Gasteiger partial charge on any atom is -0.0991 e. The molecule has 156 valence electrons. The Hall–Kier alpha value is -2.86. The van der Waals surface area contributed by atoms with Crippen molar-refractivity contribution in [1.29, 1.82) is 0 Å². The molecule has 1 aliphatic carbocycles. The third kappa shape index (κ3) is 6.32. The average molecular weight is 397 g/mol. The zero-order chi connectivity index (χ0) is 21.7. The van der Waals surface area contributed by atoms with Gasteiger partial charge in [0.05, 0.1) is 0 Å². The first-order valence-corrected chi connectivity index (χ1v) is 11.1. The van der Waals surface area contributed by atoms with Crippen LogP contribution < -0.4 is 0 Å². The van der Waals surface area contributed by atoms with Crippen molar-refractivity contribution >= 4 is 0 Å². The molecule has 1 unspecified atom stereocenters. The van der Waals surface area contributed by atoms with Gasteiger partial charge in [-0.2, -0.15) is 0 Å². The molecule has 2 rings (SSSR count). The largest absolute Gasteiger partial charge is 0.0991 e. The van der Waals surface area contributed by atoms with Crippen LogP contribution in [0.15, 0.2) is 127 Å². The molecule has 0 spiro atoms. The standard InChI is InChI=1S/C30H36/c1-5-8-22-27(7-3)30(4,29-23-14-9-10-15-24-29)28(18-6-2)25-17-16-21-26-19-12-11-13-20-26/h5-6,8-14,17-20,22-25H,2,7,15-16,21H2,1,3-4H3/b8-5-,25-17-,27-22+,28-18+. The molecule has 0 heterocycles. The maximum atomic E-state index is 4.01. The van der Waals surface area contributed by atoms with Crippen LogP contribution in [0, 0.1) is 5.41 Å². The van der Waals surface area contributed by atoms with Gasteiger partial charge in [-0.15, -0.1) is 0 Å². The Bertz CT molecular complexity index is 881. The third-order valence-electron chi connectivity index (χ3n) is 5.70. The van der Waals surface area contributed by atoms with Gasteiger partial charge in [-0.3, -0.25) is 0 Å². The van der Waals surface area contributed by atoms with E-state index < -0.39 is 0 Å². The molecular formula is C30H36. The highest BCUT2D eigenvalue weighted by atomic mass is 14.4. The van der Waals surface area contributed by atoms with E-state index in [1.165, 1.54) is 22.3 Å². The van der Waals surface area contributed by atoms with Crippen LogP contribution in [-0.2, 0) is 6.42 Å². The highest BCUT2D eigenvalue weighted by Crippen LogP contribution is 2.45. The third-order valence-corrected chi connectivity index (χ3v) is 5.70. The van der Waals surface area contributed by atoms with Gasteiger partial charge in [0.25, 0.3) is 0 Å². The van der Waals surface area contributed by atoms with Crippen molar-refractivity contribution < 1.29 is 0 Å². The first-order chi connectivity index (χ1) is 14.7. The smallest absolute Gasteiger partial charge is 0.0382 e. The SMILES string of the molecule is C=C/C=C(\C=C/CCc1ccccc1)C(C)(C1=CCC=CC=C1)/C(=C/C=C\C)CC. The second-order valence-electron chi connectivity index (χ2n) is 7.66. The number of allylic oxidation sites excluding steroid dienone is 15. The zero-order valence-electron chi connectivity index (χ0n) is 18.9. The molecule has 0 radical (unpaired) electrons. The summed E-state index contributed by atoms with van der Waals surface area (Å²) in [6.07, 6.45) is 30.4. The molecule has 0 N–H and O–H groups in total. The molecule has 1 aliphatic rings. The molecule has 0 nitrogen and oxygen atoms in total. The van der Waals surface area contributed by atoms with Crippen molar-refractivity contribution in [1.82, 2.24) is 0 Å². The van der Waals surface area contributed by atoms with Gasteiger partial charge in [0.15, 0.2) is 0 Å². The fourth-order valence-corrected chi connectivity index (χ4v) is 3.96. The summed E-state index contributed by atoms with van der Waals surface area (Å²) < 4.78 is 0. The van der Waals surface area contributed by atoms with Gasteiger partial charge in [0.1, 0.15) is 0 Å². The number of rotatable bonds is 10. The first-order valence-electron chi connectivity index (χ1n) is 11.1. The number of aryl methyl sites for hydroxylation is 1. The van der Waals surface area contributed by atoms with E-state index in [2.05, 4.69) is 125 Å². The number of benzene rings is 1. The molecule has 1 aromatic rings. The number of hydrogen-bond acceptors (Lipinski definition) is 0. The van der Waals surface area contributed by atoms with Crippen molar-refractivity contribution in [2.45, 2.75) is 46.5 Å². The lowest BCUT2D eigenvalue weighted by molar-refractivity contribution is 0.578. The Morgan fingerprint density at radius 2 is 1.93 bits per heavy atom. The molecule has 0 bridgehead atoms. The minimum atomic E-state index is -0.200. The zero-order valence-corrected chi connectivity index (χ0v) is 18.9. The van der Waals surface area contributed by atoms with Gasteiger partial charge in [-0.05, 0) is 56.2 Å². The van der Waals surface area contributed by atoms with E-state index in [0.29, 0.717) is 0 Å². The number of hydrogen-bond donors (Lipinski definition) is 0. The van der Waals surface area contributed by atoms with E-state index in [-0.39, 0.29) is 5.41 Å². The highest BCUT2D eigenvalue weighted by Gasteiger charge is 2.33. The Kier molecular flexibility index (Phi) is 9.87. The van der Waals surface area contributed by atoms with E-state index in [4.69, 9.17) is 0 Å². The summed E-state index contributed by atoms with van der Waals surface area (Å²) in [4.78, 5) is 0.